The molecule has 0 amide bonds. The lowest BCUT2D eigenvalue weighted by atomic mass is 10.1. The number of rotatable bonds is 5. The van der Waals surface area contributed by atoms with Crippen LogP contribution in [0.15, 0.2) is 42.5 Å². The van der Waals surface area contributed by atoms with Crippen LogP contribution in [0.3, 0.4) is 0 Å². The van der Waals surface area contributed by atoms with Crippen LogP contribution in [0.1, 0.15) is 16.7 Å². The second-order valence-corrected chi connectivity index (χ2v) is 5.72. The zero-order valence-electron chi connectivity index (χ0n) is 13.3. The first-order valence-electron chi connectivity index (χ1n) is 7.33. The quantitative estimate of drug-likeness (QED) is 0.822. The number of ether oxygens (including phenoxy) is 1. The third-order valence-electron chi connectivity index (χ3n) is 3.43. The summed E-state index contributed by atoms with van der Waals surface area (Å²) >= 11 is 5.32. The highest BCUT2D eigenvalue weighted by Gasteiger charge is 2.04. The van der Waals surface area contributed by atoms with Crippen LogP contribution in [0.2, 0.25) is 0 Å². The zero-order valence-corrected chi connectivity index (χ0v) is 14.1. The van der Waals surface area contributed by atoms with E-state index in [1.165, 1.54) is 16.7 Å². The lowest BCUT2D eigenvalue weighted by Gasteiger charge is -2.13. The van der Waals surface area contributed by atoms with E-state index < -0.39 is 0 Å². The summed E-state index contributed by atoms with van der Waals surface area (Å²) in [5.74, 6) is 0.921. The van der Waals surface area contributed by atoms with Gasteiger partial charge in [-0.05, 0) is 56.2 Å². The first kappa shape index (κ1) is 16.3. The highest BCUT2D eigenvalue weighted by molar-refractivity contribution is 7.80. The van der Waals surface area contributed by atoms with Gasteiger partial charge in [-0.25, -0.2) is 0 Å². The van der Waals surface area contributed by atoms with Gasteiger partial charge in [0, 0.05) is 12.2 Å². The minimum absolute atomic E-state index is 0.635. The van der Waals surface area contributed by atoms with Gasteiger partial charge in [-0.15, -0.1) is 0 Å². The van der Waals surface area contributed by atoms with E-state index >= 15 is 0 Å². The van der Waals surface area contributed by atoms with Crippen molar-refractivity contribution in [3.8, 4) is 5.75 Å². The first-order valence-corrected chi connectivity index (χ1v) is 7.74. The number of anilines is 1. The molecule has 0 radical (unpaired) electrons. The number of methoxy groups -OCH3 is 1. The van der Waals surface area contributed by atoms with Gasteiger partial charge in [0.25, 0.3) is 0 Å². The van der Waals surface area contributed by atoms with Crippen molar-refractivity contribution in [1.82, 2.24) is 5.32 Å². The minimum Gasteiger partial charge on any atom is -0.496 e. The summed E-state index contributed by atoms with van der Waals surface area (Å²) in [4.78, 5) is 0. The molecule has 0 fully saturated rings. The molecular weight excluding hydrogens is 292 g/mol. The molecule has 2 aromatic rings. The molecule has 0 aliphatic carbocycles. The molecule has 0 saturated carbocycles. The molecule has 2 rings (SSSR count). The lowest BCUT2D eigenvalue weighted by molar-refractivity contribution is 0.409. The van der Waals surface area contributed by atoms with Crippen molar-refractivity contribution in [1.29, 1.82) is 0 Å². The molecule has 2 N–H and O–H groups in total. The van der Waals surface area contributed by atoms with Gasteiger partial charge in [0.15, 0.2) is 5.11 Å². The summed E-state index contributed by atoms with van der Waals surface area (Å²) in [7, 11) is 1.70. The molecule has 0 atom stereocenters. The summed E-state index contributed by atoms with van der Waals surface area (Å²) in [5.41, 5.74) is 4.65. The molecule has 116 valence electrons. The van der Waals surface area contributed by atoms with Gasteiger partial charge in [-0.2, -0.15) is 0 Å². The fourth-order valence-electron chi connectivity index (χ4n) is 2.23. The fraction of sp³-hybridized carbons (Fsp3) is 0.278. The average molecular weight is 314 g/mol. The molecule has 0 aliphatic rings. The Morgan fingerprint density at radius 1 is 1.05 bits per heavy atom. The maximum atomic E-state index is 5.39. The Morgan fingerprint density at radius 3 is 2.41 bits per heavy atom. The van der Waals surface area contributed by atoms with Gasteiger partial charge in [-0.3, -0.25) is 0 Å². The molecule has 4 heteroatoms. The van der Waals surface area contributed by atoms with Crippen molar-refractivity contribution in [3.63, 3.8) is 0 Å². The van der Waals surface area contributed by atoms with Gasteiger partial charge in [-0.1, -0.05) is 35.4 Å². The van der Waals surface area contributed by atoms with Crippen molar-refractivity contribution in [2.75, 3.05) is 19.0 Å². The van der Waals surface area contributed by atoms with Crippen LogP contribution in [0.25, 0.3) is 0 Å². The van der Waals surface area contributed by atoms with Crippen LogP contribution >= 0.6 is 12.2 Å². The molecule has 0 bridgehead atoms. The molecule has 0 spiro atoms. The number of thiocarbonyl (C=S) groups is 1. The summed E-state index contributed by atoms with van der Waals surface area (Å²) in [6.07, 6.45) is 0.862. The van der Waals surface area contributed by atoms with E-state index in [4.69, 9.17) is 17.0 Å². The van der Waals surface area contributed by atoms with Crippen LogP contribution < -0.4 is 15.4 Å². The topological polar surface area (TPSA) is 33.3 Å². The number of nitrogens with one attached hydrogen (secondary N) is 2. The molecule has 0 aliphatic heterocycles. The smallest absolute Gasteiger partial charge is 0.170 e. The summed E-state index contributed by atoms with van der Waals surface area (Å²) < 4.78 is 5.39. The van der Waals surface area contributed by atoms with Crippen LogP contribution in [0.5, 0.6) is 5.75 Å². The monoisotopic (exact) mass is 314 g/mol. The van der Waals surface area contributed by atoms with Gasteiger partial charge >= 0.3 is 0 Å². The number of benzene rings is 2. The third-order valence-corrected chi connectivity index (χ3v) is 3.67. The van der Waals surface area contributed by atoms with Crippen LogP contribution in [0, 0.1) is 13.8 Å². The largest absolute Gasteiger partial charge is 0.496 e. The number of aryl methyl sites for hydroxylation is 2. The standard InChI is InChI=1S/C18H22N2OS/c1-13-4-7-16(8-5-13)20-18(22)19-11-10-15-12-14(2)6-9-17(15)21-3/h4-9,12H,10-11H2,1-3H3,(H2,19,20,22). The van der Waals surface area contributed by atoms with Crippen molar-refractivity contribution < 1.29 is 4.74 Å². The predicted molar refractivity (Wildman–Crippen MR) is 96.8 cm³/mol. The highest BCUT2D eigenvalue weighted by atomic mass is 32.1. The molecule has 0 heterocycles. The number of hydrogen-bond acceptors (Lipinski definition) is 2. The van der Waals surface area contributed by atoms with Gasteiger partial charge in [0.05, 0.1) is 7.11 Å². The van der Waals surface area contributed by atoms with Gasteiger partial charge in [0.1, 0.15) is 5.75 Å². The van der Waals surface area contributed by atoms with E-state index in [2.05, 4.69) is 48.7 Å². The van der Waals surface area contributed by atoms with E-state index in [0.717, 1.165) is 24.4 Å². The second-order valence-electron chi connectivity index (χ2n) is 5.31. The molecular formula is C18H22N2OS. The minimum atomic E-state index is 0.635. The van der Waals surface area contributed by atoms with Crippen LogP contribution in [-0.2, 0) is 6.42 Å². The van der Waals surface area contributed by atoms with Crippen molar-refractivity contribution >= 4 is 23.0 Å². The SMILES string of the molecule is COc1ccc(C)cc1CCNC(=S)Nc1ccc(C)cc1. The number of hydrogen-bond donors (Lipinski definition) is 2. The molecule has 0 saturated heterocycles. The summed E-state index contributed by atoms with van der Waals surface area (Å²) in [6.45, 7) is 4.91. The van der Waals surface area contributed by atoms with Crippen molar-refractivity contribution in [3.05, 3.63) is 59.2 Å². The molecule has 0 unspecified atom stereocenters. The van der Waals surface area contributed by atoms with Gasteiger partial charge in [0.2, 0.25) is 0 Å². The fourth-order valence-corrected chi connectivity index (χ4v) is 2.45. The van der Waals surface area contributed by atoms with E-state index in [-0.39, 0.29) is 0 Å². The first-order chi connectivity index (χ1) is 10.6. The van der Waals surface area contributed by atoms with E-state index in [1.807, 2.05) is 18.2 Å². The lowest BCUT2D eigenvalue weighted by Crippen LogP contribution is -2.30. The zero-order chi connectivity index (χ0) is 15.9. The van der Waals surface area contributed by atoms with Crippen LogP contribution in [-0.4, -0.2) is 18.8 Å². The average Bonchev–Trinajstić information content (AvgIpc) is 2.50. The Kier molecular flexibility index (Phi) is 5.78. The Morgan fingerprint density at radius 2 is 1.73 bits per heavy atom. The Balaban J connectivity index is 1.84. The maximum absolute atomic E-state index is 5.39. The second kappa shape index (κ2) is 7.80. The third kappa shape index (κ3) is 4.74. The van der Waals surface area contributed by atoms with E-state index in [9.17, 15) is 0 Å². The van der Waals surface area contributed by atoms with E-state index in [1.54, 1.807) is 7.11 Å². The summed E-state index contributed by atoms with van der Waals surface area (Å²) in [5, 5.41) is 7.05. The normalized spacial score (nSPS) is 10.1. The molecule has 22 heavy (non-hydrogen) atoms. The Hall–Kier alpha value is -2.07. The maximum Gasteiger partial charge on any atom is 0.170 e. The van der Waals surface area contributed by atoms with Crippen molar-refractivity contribution in [2.45, 2.75) is 20.3 Å². The van der Waals surface area contributed by atoms with Crippen LogP contribution in [0.4, 0.5) is 5.69 Å². The molecule has 3 nitrogen and oxygen atoms in total. The Bertz CT molecular complexity index is 638. The molecule has 0 aromatic heterocycles. The predicted octanol–water partition coefficient (Wildman–Crippen LogP) is 3.84. The van der Waals surface area contributed by atoms with Gasteiger partial charge < -0.3 is 15.4 Å². The Labute approximate surface area is 137 Å². The van der Waals surface area contributed by atoms with Crippen molar-refractivity contribution in [2.24, 2.45) is 0 Å². The molecule has 2 aromatic carbocycles. The van der Waals surface area contributed by atoms with E-state index in [0.29, 0.717) is 5.11 Å². The highest BCUT2D eigenvalue weighted by Crippen LogP contribution is 2.19. The summed E-state index contributed by atoms with van der Waals surface area (Å²) in [6, 6.07) is 14.4.